The van der Waals surface area contributed by atoms with Crippen molar-refractivity contribution in [2.45, 2.75) is 32.2 Å². The van der Waals surface area contributed by atoms with Gasteiger partial charge in [-0.25, -0.2) is 19.9 Å². The van der Waals surface area contributed by atoms with Crippen LogP contribution in [-0.2, 0) is 31.1 Å². The number of hydrogen-bond donors (Lipinski definition) is 1. The van der Waals surface area contributed by atoms with Gasteiger partial charge in [0.25, 0.3) is 5.91 Å². The van der Waals surface area contributed by atoms with E-state index in [4.69, 9.17) is 4.74 Å². The highest BCUT2D eigenvalue weighted by Crippen LogP contribution is 2.29. The highest BCUT2D eigenvalue weighted by molar-refractivity contribution is 5.92. The Morgan fingerprint density at radius 1 is 1.18 bits per heavy atom. The van der Waals surface area contributed by atoms with Crippen LogP contribution in [0.15, 0.2) is 42.9 Å². The maximum atomic E-state index is 13.5. The summed E-state index contributed by atoms with van der Waals surface area (Å²) in [5, 5.41) is 7.21. The summed E-state index contributed by atoms with van der Waals surface area (Å²) < 4.78 is 48.2. The van der Waals surface area contributed by atoms with Crippen LogP contribution in [0.1, 0.15) is 27.6 Å². The number of hydrogen-bond acceptors (Lipinski definition) is 8. The molecule has 5 heterocycles. The number of anilines is 2. The fraction of sp³-hybridized carbons (Fsp3) is 0.333. The topological polar surface area (TPSA) is 116 Å². The molecular weight excluding hydrogens is 503 g/mol. The van der Waals surface area contributed by atoms with Gasteiger partial charge >= 0.3 is 6.18 Å². The second-order valence-electron chi connectivity index (χ2n) is 8.85. The Bertz CT molecular complexity index is 1480. The first-order valence-corrected chi connectivity index (χ1v) is 11.6. The van der Waals surface area contributed by atoms with Crippen molar-refractivity contribution in [3.05, 3.63) is 65.6 Å². The van der Waals surface area contributed by atoms with E-state index in [1.807, 2.05) is 6.92 Å². The number of aryl methyl sites for hydroxylation is 2. The number of rotatable bonds is 7. The third-order valence-corrected chi connectivity index (χ3v) is 6.14. The summed E-state index contributed by atoms with van der Waals surface area (Å²) in [4.78, 5) is 32.2. The van der Waals surface area contributed by atoms with E-state index in [0.29, 0.717) is 29.7 Å². The molecule has 1 amide bonds. The highest BCUT2D eigenvalue weighted by Gasteiger charge is 2.36. The molecule has 1 aliphatic heterocycles. The maximum Gasteiger partial charge on any atom is 0.433 e. The number of nitrogens with one attached hydrogen (secondary N) is 1. The molecule has 0 saturated heterocycles. The van der Waals surface area contributed by atoms with E-state index >= 15 is 0 Å². The Morgan fingerprint density at radius 3 is 2.71 bits per heavy atom. The van der Waals surface area contributed by atoms with Crippen LogP contribution < -0.4 is 5.32 Å². The van der Waals surface area contributed by atoms with E-state index in [0.717, 1.165) is 11.6 Å². The Balaban J connectivity index is 1.45. The molecule has 4 aromatic rings. The van der Waals surface area contributed by atoms with Crippen molar-refractivity contribution >= 4 is 17.7 Å². The number of aromatic nitrogens is 7. The molecule has 0 aromatic carbocycles. The summed E-state index contributed by atoms with van der Waals surface area (Å²) in [7, 11) is 3.28. The van der Waals surface area contributed by atoms with Gasteiger partial charge in [-0.1, -0.05) is 6.07 Å². The first-order chi connectivity index (χ1) is 18.1. The Kier molecular flexibility index (Phi) is 6.57. The average Bonchev–Trinajstić information content (AvgIpc) is 3.48. The third-order valence-electron chi connectivity index (χ3n) is 6.14. The van der Waals surface area contributed by atoms with Crippen LogP contribution in [-0.4, -0.2) is 64.8 Å². The molecule has 0 saturated carbocycles. The van der Waals surface area contributed by atoms with Crippen LogP contribution in [0.5, 0.6) is 0 Å². The van der Waals surface area contributed by atoms with E-state index in [2.05, 4.69) is 30.4 Å². The Morgan fingerprint density at radius 2 is 2.00 bits per heavy atom. The lowest BCUT2D eigenvalue weighted by Crippen LogP contribution is -2.49. The van der Waals surface area contributed by atoms with Gasteiger partial charge in [-0.3, -0.25) is 9.48 Å². The van der Waals surface area contributed by atoms with E-state index in [9.17, 15) is 18.0 Å². The van der Waals surface area contributed by atoms with Crippen LogP contribution in [0.25, 0.3) is 11.4 Å². The summed E-state index contributed by atoms with van der Waals surface area (Å²) in [5.41, 5.74) is 0.862. The zero-order valence-corrected chi connectivity index (χ0v) is 20.8. The predicted octanol–water partition coefficient (Wildman–Crippen LogP) is 3.21. The molecule has 198 valence electrons. The van der Waals surface area contributed by atoms with E-state index in [-0.39, 0.29) is 24.7 Å². The lowest BCUT2D eigenvalue weighted by Gasteiger charge is -2.35. The molecule has 4 aromatic heterocycles. The number of halogens is 3. The number of pyridine rings is 1. The highest BCUT2D eigenvalue weighted by atomic mass is 19.4. The SMILES string of the molecule is COC[C@H]1Cn2cc(-c3nc(Nc4ccnn4C)ncc3C)nc2C(=O)N1Cc1cccc(C(F)(F)F)n1. The van der Waals surface area contributed by atoms with Crippen LogP contribution in [0, 0.1) is 6.92 Å². The number of imidazole rings is 1. The van der Waals surface area contributed by atoms with Crippen molar-refractivity contribution in [3.8, 4) is 11.4 Å². The molecule has 14 heteroatoms. The van der Waals surface area contributed by atoms with Crippen molar-refractivity contribution in [2.24, 2.45) is 7.05 Å². The minimum absolute atomic E-state index is 0.118. The number of alkyl halides is 3. The lowest BCUT2D eigenvalue weighted by atomic mass is 10.1. The van der Waals surface area contributed by atoms with Gasteiger partial charge in [0, 0.05) is 39.2 Å². The molecule has 0 spiro atoms. The van der Waals surface area contributed by atoms with Crippen LogP contribution in [0.4, 0.5) is 24.9 Å². The van der Waals surface area contributed by atoms with Crippen molar-refractivity contribution in [1.82, 2.24) is 39.2 Å². The van der Waals surface area contributed by atoms with E-state index in [1.54, 1.807) is 41.0 Å². The van der Waals surface area contributed by atoms with E-state index in [1.165, 1.54) is 24.1 Å². The van der Waals surface area contributed by atoms with Gasteiger partial charge in [0.2, 0.25) is 5.95 Å². The van der Waals surface area contributed by atoms with Crippen LogP contribution in [0.2, 0.25) is 0 Å². The third kappa shape index (κ3) is 4.94. The quantitative estimate of drug-likeness (QED) is 0.390. The molecule has 1 atom stereocenters. The smallest absolute Gasteiger partial charge is 0.382 e. The second kappa shape index (κ2) is 9.85. The summed E-state index contributed by atoms with van der Waals surface area (Å²) >= 11 is 0. The van der Waals surface area contributed by atoms with Crippen molar-refractivity contribution in [2.75, 3.05) is 19.0 Å². The molecule has 0 aliphatic carbocycles. The van der Waals surface area contributed by atoms with Gasteiger partial charge in [0.1, 0.15) is 17.2 Å². The summed E-state index contributed by atoms with van der Waals surface area (Å²) in [6.07, 6.45) is 0.446. The fourth-order valence-electron chi connectivity index (χ4n) is 4.27. The van der Waals surface area contributed by atoms with Gasteiger partial charge < -0.3 is 19.5 Å². The molecular formula is C24H24F3N9O2. The Hall–Kier alpha value is -4.33. The normalized spacial score (nSPS) is 15.6. The zero-order chi connectivity index (χ0) is 27.0. The Labute approximate surface area is 215 Å². The van der Waals surface area contributed by atoms with Gasteiger partial charge in [-0.15, -0.1) is 0 Å². The van der Waals surface area contributed by atoms with Gasteiger partial charge in [0.15, 0.2) is 5.82 Å². The predicted molar refractivity (Wildman–Crippen MR) is 129 cm³/mol. The molecule has 0 bridgehead atoms. The number of methoxy groups -OCH3 is 1. The molecule has 0 unspecified atom stereocenters. The summed E-state index contributed by atoms with van der Waals surface area (Å²) in [6.45, 7) is 2.24. The molecule has 1 N–H and O–H groups in total. The lowest BCUT2D eigenvalue weighted by molar-refractivity contribution is -0.141. The molecule has 0 radical (unpaired) electrons. The minimum Gasteiger partial charge on any atom is -0.382 e. The fourth-order valence-corrected chi connectivity index (χ4v) is 4.27. The zero-order valence-electron chi connectivity index (χ0n) is 20.8. The molecule has 0 fully saturated rings. The van der Waals surface area contributed by atoms with E-state index < -0.39 is 23.8 Å². The number of nitrogens with zero attached hydrogens (tertiary/aromatic N) is 8. The van der Waals surface area contributed by atoms with Crippen molar-refractivity contribution < 1.29 is 22.7 Å². The first kappa shape index (κ1) is 25.3. The summed E-state index contributed by atoms with van der Waals surface area (Å²) in [5.74, 6) is 0.739. The average molecular weight is 528 g/mol. The standard InChI is InChI=1S/C24H24F3N9O2/c1-14-9-28-23(32-19-7-8-29-34(19)2)33-20(14)17-12-35-11-16(13-38-3)36(22(37)21(35)31-17)10-15-5-4-6-18(30-15)24(25,26)27/h4-9,12,16H,10-11,13H2,1-3H3,(H,28,32,33)/t16-/m1/s1. The molecule has 11 nitrogen and oxygen atoms in total. The largest absolute Gasteiger partial charge is 0.433 e. The molecule has 38 heavy (non-hydrogen) atoms. The monoisotopic (exact) mass is 527 g/mol. The van der Waals surface area contributed by atoms with Crippen molar-refractivity contribution in [3.63, 3.8) is 0 Å². The number of ether oxygens (including phenoxy) is 1. The van der Waals surface area contributed by atoms with Gasteiger partial charge in [-0.2, -0.15) is 18.3 Å². The first-order valence-electron chi connectivity index (χ1n) is 11.6. The van der Waals surface area contributed by atoms with Crippen molar-refractivity contribution in [1.29, 1.82) is 0 Å². The summed E-state index contributed by atoms with van der Waals surface area (Å²) in [6, 6.07) is 4.97. The number of carbonyl (C=O) groups is 1. The maximum absolute atomic E-state index is 13.5. The minimum atomic E-state index is -4.58. The second-order valence-corrected chi connectivity index (χ2v) is 8.85. The number of fused-ring (bicyclic) bond motifs is 1. The molecule has 1 aliphatic rings. The van der Waals surface area contributed by atoms with Gasteiger partial charge in [-0.05, 0) is 24.6 Å². The van der Waals surface area contributed by atoms with Gasteiger partial charge in [0.05, 0.1) is 36.8 Å². The molecule has 5 rings (SSSR count). The number of amides is 1. The number of carbonyl (C=O) groups excluding carboxylic acids is 1. The van der Waals surface area contributed by atoms with Crippen LogP contribution >= 0.6 is 0 Å². The van der Waals surface area contributed by atoms with Crippen LogP contribution in [0.3, 0.4) is 0 Å².